The van der Waals surface area contributed by atoms with Crippen LogP contribution in [-0.2, 0) is 13.0 Å². The molecule has 0 unspecified atom stereocenters. The molecular weight excluding hydrogens is 318 g/mol. The Bertz CT molecular complexity index is 819. The number of allylic oxidation sites excluding steroid dienone is 1. The van der Waals surface area contributed by atoms with E-state index in [-0.39, 0.29) is 13.2 Å². The van der Waals surface area contributed by atoms with E-state index in [2.05, 4.69) is 27.0 Å². The number of para-hydroxylation sites is 1. The number of aliphatic hydroxyl groups excluding tert-OH is 1. The van der Waals surface area contributed by atoms with Crippen molar-refractivity contribution in [3.63, 3.8) is 0 Å². The van der Waals surface area contributed by atoms with Crippen molar-refractivity contribution in [2.45, 2.75) is 19.1 Å². The predicted octanol–water partition coefficient (Wildman–Crippen LogP) is 1.90. The molecule has 0 saturated heterocycles. The lowest BCUT2D eigenvalue weighted by molar-refractivity contribution is 0.0846. The van der Waals surface area contributed by atoms with E-state index in [1.807, 2.05) is 36.4 Å². The van der Waals surface area contributed by atoms with Gasteiger partial charge < -0.3 is 9.84 Å². The summed E-state index contributed by atoms with van der Waals surface area (Å²) in [7, 11) is 0. The minimum Gasteiger partial charge on any atom is -0.491 e. The van der Waals surface area contributed by atoms with Crippen LogP contribution in [0, 0.1) is 0 Å². The Kier molecular flexibility index (Phi) is 5.48. The molecule has 128 valence electrons. The molecule has 1 N–H and O–H groups in total. The maximum Gasteiger partial charge on any atom is 0.206 e. The van der Waals surface area contributed by atoms with Crippen molar-refractivity contribution in [2.24, 2.45) is 0 Å². The molecule has 0 radical (unpaired) electrons. The minimum atomic E-state index is -0.757. The molecule has 1 aromatic carbocycles. The number of hydrogen-bond donors (Lipinski definition) is 1. The van der Waals surface area contributed by atoms with E-state index in [9.17, 15) is 5.11 Å². The van der Waals surface area contributed by atoms with Crippen LogP contribution in [-0.4, -0.2) is 43.0 Å². The average molecular weight is 337 g/mol. The van der Waals surface area contributed by atoms with Crippen LogP contribution < -0.4 is 4.74 Å². The monoisotopic (exact) mass is 337 g/mol. The fraction of sp³-hybridized carbons (Fsp3) is 0.222. The highest BCUT2D eigenvalue weighted by molar-refractivity contribution is 5.51. The summed E-state index contributed by atoms with van der Waals surface area (Å²) in [5, 5.41) is 22.4. The van der Waals surface area contributed by atoms with Gasteiger partial charge in [-0.3, -0.25) is 4.98 Å². The Morgan fingerprint density at radius 2 is 2.12 bits per heavy atom. The van der Waals surface area contributed by atoms with Gasteiger partial charge in [0.25, 0.3) is 0 Å². The number of tetrazole rings is 1. The fourth-order valence-corrected chi connectivity index (χ4v) is 2.33. The molecule has 0 bridgehead atoms. The Morgan fingerprint density at radius 3 is 2.92 bits per heavy atom. The van der Waals surface area contributed by atoms with Crippen molar-refractivity contribution in [3.05, 3.63) is 67.0 Å². The van der Waals surface area contributed by atoms with Gasteiger partial charge in [0.1, 0.15) is 18.5 Å². The third kappa shape index (κ3) is 4.48. The van der Waals surface area contributed by atoms with Crippen LogP contribution in [0.1, 0.15) is 5.56 Å². The molecule has 2 heterocycles. The van der Waals surface area contributed by atoms with E-state index in [4.69, 9.17) is 4.74 Å². The number of rotatable bonds is 8. The molecule has 2 aromatic heterocycles. The van der Waals surface area contributed by atoms with Gasteiger partial charge in [-0.25, -0.2) is 0 Å². The second-order valence-corrected chi connectivity index (χ2v) is 5.47. The van der Waals surface area contributed by atoms with Crippen LogP contribution in [0.25, 0.3) is 11.4 Å². The summed E-state index contributed by atoms with van der Waals surface area (Å²) in [5.74, 6) is 1.21. The smallest absolute Gasteiger partial charge is 0.206 e. The second kappa shape index (κ2) is 8.16. The van der Waals surface area contributed by atoms with Gasteiger partial charge in [-0.15, -0.1) is 16.8 Å². The number of nitrogens with zero attached hydrogens (tertiary/aromatic N) is 5. The van der Waals surface area contributed by atoms with Crippen LogP contribution in [0.5, 0.6) is 5.75 Å². The maximum atomic E-state index is 10.2. The second-order valence-electron chi connectivity index (χ2n) is 5.47. The minimum absolute atomic E-state index is 0.137. The highest BCUT2D eigenvalue weighted by Gasteiger charge is 2.12. The number of ether oxygens (including phenoxy) is 1. The summed E-state index contributed by atoms with van der Waals surface area (Å²) in [5.41, 5.74) is 1.81. The molecule has 0 amide bonds. The first-order chi connectivity index (χ1) is 12.3. The first kappa shape index (κ1) is 16.8. The zero-order valence-electron chi connectivity index (χ0n) is 13.7. The van der Waals surface area contributed by atoms with Gasteiger partial charge in [-0.1, -0.05) is 24.3 Å². The summed E-state index contributed by atoms with van der Waals surface area (Å²) in [4.78, 5) is 5.38. The first-order valence-corrected chi connectivity index (χ1v) is 7.94. The first-order valence-electron chi connectivity index (χ1n) is 7.94. The van der Waals surface area contributed by atoms with Gasteiger partial charge in [-0.2, -0.15) is 4.80 Å². The van der Waals surface area contributed by atoms with E-state index in [1.54, 1.807) is 18.5 Å². The standard InChI is InChI=1S/C18H19N5O2/c1-2-6-14-7-3-4-9-17(14)25-13-16(24)12-23-21-18(20-22-23)15-8-5-10-19-11-15/h2-5,7-11,16,24H,1,6,12-13H2/t16-/m0/s1. The number of hydrogen-bond acceptors (Lipinski definition) is 6. The third-order valence-corrected chi connectivity index (χ3v) is 3.51. The average Bonchev–Trinajstić information content (AvgIpc) is 3.10. The van der Waals surface area contributed by atoms with Gasteiger partial charge >= 0.3 is 0 Å². The number of aliphatic hydroxyl groups is 1. The van der Waals surface area contributed by atoms with Crippen LogP contribution in [0.4, 0.5) is 0 Å². The molecule has 7 heteroatoms. The van der Waals surface area contributed by atoms with Crippen molar-refractivity contribution < 1.29 is 9.84 Å². The molecule has 0 aliphatic carbocycles. The molecule has 0 fully saturated rings. The number of pyridine rings is 1. The summed E-state index contributed by atoms with van der Waals surface area (Å²) in [6.07, 6.45) is 5.12. The SMILES string of the molecule is C=CCc1ccccc1OC[C@@H](O)Cn1nnc(-c2cccnc2)n1. The van der Waals surface area contributed by atoms with Crippen LogP contribution in [0.3, 0.4) is 0 Å². The lowest BCUT2D eigenvalue weighted by atomic mass is 10.1. The van der Waals surface area contributed by atoms with E-state index in [0.717, 1.165) is 16.9 Å². The molecule has 3 rings (SSSR count). The normalized spacial score (nSPS) is 11.9. The van der Waals surface area contributed by atoms with E-state index < -0.39 is 6.10 Å². The Hall–Kier alpha value is -3.06. The molecular formula is C18H19N5O2. The predicted molar refractivity (Wildman–Crippen MR) is 92.9 cm³/mol. The largest absolute Gasteiger partial charge is 0.491 e. The number of benzene rings is 1. The summed E-state index contributed by atoms with van der Waals surface area (Å²) < 4.78 is 5.72. The van der Waals surface area contributed by atoms with Crippen LogP contribution >= 0.6 is 0 Å². The maximum absolute atomic E-state index is 10.2. The molecule has 0 aliphatic rings. The molecule has 1 atom stereocenters. The van der Waals surface area contributed by atoms with Crippen molar-refractivity contribution in [3.8, 4) is 17.1 Å². The molecule has 0 saturated carbocycles. The summed E-state index contributed by atoms with van der Waals surface area (Å²) >= 11 is 0. The summed E-state index contributed by atoms with van der Waals surface area (Å²) in [6.45, 7) is 4.07. The van der Waals surface area contributed by atoms with Gasteiger partial charge in [0.05, 0.1) is 6.54 Å². The van der Waals surface area contributed by atoms with Crippen molar-refractivity contribution in [1.29, 1.82) is 0 Å². The summed E-state index contributed by atoms with van der Waals surface area (Å²) in [6, 6.07) is 11.3. The molecule has 0 aliphatic heterocycles. The Balaban J connectivity index is 1.57. The highest BCUT2D eigenvalue weighted by Crippen LogP contribution is 2.19. The molecule has 25 heavy (non-hydrogen) atoms. The lowest BCUT2D eigenvalue weighted by Gasteiger charge is -2.13. The topological polar surface area (TPSA) is 86.0 Å². The van der Waals surface area contributed by atoms with Crippen molar-refractivity contribution in [2.75, 3.05) is 6.61 Å². The zero-order valence-corrected chi connectivity index (χ0v) is 13.7. The zero-order chi connectivity index (χ0) is 17.5. The van der Waals surface area contributed by atoms with Gasteiger partial charge in [-0.05, 0) is 35.4 Å². The van der Waals surface area contributed by atoms with Crippen LogP contribution in [0.2, 0.25) is 0 Å². The quantitative estimate of drug-likeness (QED) is 0.632. The molecule has 3 aromatic rings. The Labute approximate surface area is 145 Å². The van der Waals surface area contributed by atoms with Crippen molar-refractivity contribution >= 4 is 0 Å². The van der Waals surface area contributed by atoms with Gasteiger partial charge in [0.15, 0.2) is 0 Å². The van der Waals surface area contributed by atoms with Crippen LogP contribution in [0.15, 0.2) is 61.4 Å². The molecule has 0 spiro atoms. The van der Waals surface area contributed by atoms with E-state index >= 15 is 0 Å². The Morgan fingerprint density at radius 1 is 1.24 bits per heavy atom. The fourth-order valence-electron chi connectivity index (χ4n) is 2.33. The van der Waals surface area contributed by atoms with Gasteiger partial charge in [0, 0.05) is 18.0 Å². The molecule has 7 nitrogen and oxygen atoms in total. The third-order valence-electron chi connectivity index (χ3n) is 3.51. The van der Waals surface area contributed by atoms with E-state index in [0.29, 0.717) is 12.2 Å². The van der Waals surface area contributed by atoms with Crippen molar-refractivity contribution in [1.82, 2.24) is 25.2 Å². The van der Waals surface area contributed by atoms with Gasteiger partial charge in [0.2, 0.25) is 5.82 Å². The highest BCUT2D eigenvalue weighted by atomic mass is 16.5. The lowest BCUT2D eigenvalue weighted by Crippen LogP contribution is -2.25. The van der Waals surface area contributed by atoms with E-state index in [1.165, 1.54) is 4.80 Å². The number of aromatic nitrogens is 5.